The molecule has 1 N–H and O–H groups in total. The number of rotatable bonds is 5. The second-order valence-corrected chi connectivity index (χ2v) is 8.54. The Morgan fingerprint density at radius 3 is 2.44 bits per heavy atom. The van der Waals surface area contributed by atoms with Crippen LogP contribution < -0.4 is 20.6 Å². The summed E-state index contributed by atoms with van der Waals surface area (Å²) in [6.07, 6.45) is 3.04. The summed E-state index contributed by atoms with van der Waals surface area (Å²) in [6.45, 7) is 0.731. The maximum absolute atomic E-state index is 13.2. The largest absolute Gasteiger partial charge is 0.412 e. The zero-order chi connectivity index (χ0) is 23.8. The van der Waals surface area contributed by atoms with Crippen LogP contribution in [-0.2, 0) is 4.79 Å². The van der Waals surface area contributed by atoms with E-state index in [-0.39, 0.29) is 23.1 Å². The first-order chi connectivity index (χ1) is 16.5. The molecule has 10 heteroatoms. The first-order valence-corrected chi connectivity index (χ1v) is 11.3. The number of benzene rings is 2. The molecule has 0 saturated carbocycles. The molecule has 172 valence electrons. The van der Waals surface area contributed by atoms with E-state index in [0.717, 1.165) is 29.1 Å². The second-order valence-electron chi connectivity index (χ2n) is 7.73. The van der Waals surface area contributed by atoms with E-state index < -0.39 is 5.56 Å². The van der Waals surface area contributed by atoms with Gasteiger partial charge in [-0.2, -0.15) is 4.98 Å². The molecule has 1 fully saturated rings. The van der Waals surface area contributed by atoms with Gasteiger partial charge in [0.25, 0.3) is 5.56 Å². The molecule has 0 spiro atoms. The third kappa shape index (κ3) is 3.95. The Kier molecular flexibility index (Phi) is 5.85. The summed E-state index contributed by atoms with van der Waals surface area (Å²) in [4.78, 5) is 41.1. The van der Waals surface area contributed by atoms with Gasteiger partial charge in [0.2, 0.25) is 11.9 Å². The minimum Gasteiger partial charge on any atom is -0.412 e. The lowest BCUT2D eigenvalue weighted by Crippen LogP contribution is -2.27. The summed E-state index contributed by atoms with van der Waals surface area (Å²) in [5, 5.41) is 4.40. The number of amides is 1. The number of fused-ring (bicyclic) bond motifs is 1. The van der Waals surface area contributed by atoms with E-state index in [1.807, 2.05) is 24.3 Å². The number of halogens is 2. The molecule has 0 unspecified atom stereocenters. The van der Waals surface area contributed by atoms with Crippen LogP contribution in [0.5, 0.6) is 0 Å². The van der Waals surface area contributed by atoms with Gasteiger partial charge >= 0.3 is 0 Å². The summed E-state index contributed by atoms with van der Waals surface area (Å²) >= 11 is 12.6. The summed E-state index contributed by atoms with van der Waals surface area (Å²) in [6, 6.07) is 14.1. The van der Waals surface area contributed by atoms with Gasteiger partial charge < -0.3 is 15.1 Å². The van der Waals surface area contributed by atoms with Crippen LogP contribution in [0.3, 0.4) is 0 Å². The number of anilines is 3. The van der Waals surface area contributed by atoms with Crippen molar-refractivity contribution in [3.8, 4) is 11.1 Å². The Morgan fingerprint density at radius 2 is 1.79 bits per heavy atom. The zero-order valence-corrected chi connectivity index (χ0v) is 19.6. The second kappa shape index (κ2) is 8.96. The minimum atomic E-state index is -0.450. The molecule has 0 bridgehead atoms. The molecule has 2 aromatic heterocycles. The molecule has 0 radical (unpaired) electrons. The molecule has 0 aliphatic carbocycles. The van der Waals surface area contributed by atoms with Crippen molar-refractivity contribution in [1.82, 2.24) is 14.7 Å². The van der Waals surface area contributed by atoms with Gasteiger partial charge in [-0.3, -0.25) is 9.59 Å². The van der Waals surface area contributed by atoms with Crippen LogP contribution in [0, 0.1) is 0 Å². The van der Waals surface area contributed by atoms with Crippen molar-refractivity contribution in [1.29, 1.82) is 0 Å². The molecule has 0 atom stereocenters. The lowest BCUT2D eigenvalue weighted by Gasteiger charge is -2.16. The topological polar surface area (TPSA) is 89.4 Å². The molecule has 8 nitrogen and oxygen atoms in total. The highest BCUT2D eigenvalue weighted by Crippen LogP contribution is 2.34. The molecule has 1 aliphatic heterocycles. The third-order valence-electron chi connectivity index (χ3n) is 5.63. The Morgan fingerprint density at radius 1 is 1.06 bits per heavy atom. The molecular weight excluding hydrogens is 477 g/mol. The van der Waals surface area contributed by atoms with Crippen LogP contribution in [0.15, 0.2) is 59.5 Å². The molecule has 4 aromatic rings. The Hall–Kier alpha value is -3.62. The lowest BCUT2D eigenvalue weighted by atomic mass is 10.1. The first-order valence-electron chi connectivity index (χ1n) is 10.6. The average molecular weight is 496 g/mol. The fraction of sp³-hybridized carbons (Fsp3) is 0.167. The summed E-state index contributed by atoms with van der Waals surface area (Å²) in [5.74, 6) is 0.416. The SMILES string of the molecule is COn1c(=O)c(-c2c(Cl)cccc2Cl)cc2cnc(Nc3ccc(N4CCCC4=O)cc3)nc21. The average Bonchev–Trinajstić information content (AvgIpc) is 3.26. The third-order valence-corrected chi connectivity index (χ3v) is 6.26. The fourth-order valence-corrected chi connectivity index (χ4v) is 4.61. The highest BCUT2D eigenvalue weighted by Gasteiger charge is 2.21. The van der Waals surface area contributed by atoms with Gasteiger partial charge in [0, 0.05) is 41.5 Å². The van der Waals surface area contributed by atoms with Crippen LogP contribution in [0.2, 0.25) is 10.0 Å². The summed E-state index contributed by atoms with van der Waals surface area (Å²) < 4.78 is 1.08. The Bertz CT molecular complexity index is 1450. The maximum atomic E-state index is 13.2. The highest BCUT2D eigenvalue weighted by molar-refractivity contribution is 6.39. The maximum Gasteiger partial charge on any atom is 0.293 e. The van der Waals surface area contributed by atoms with Crippen LogP contribution in [0.25, 0.3) is 22.2 Å². The van der Waals surface area contributed by atoms with E-state index in [2.05, 4.69) is 15.3 Å². The predicted octanol–water partition coefficient (Wildman–Crippen LogP) is 4.69. The van der Waals surface area contributed by atoms with E-state index in [0.29, 0.717) is 27.4 Å². The lowest BCUT2D eigenvalue weighted by molar-refractivity contribution is -0.117. The number of nitrogens with zero attached hydrogens (tertiary/aromatic N) is 4. The number of hydrogen-bond acceptors (Lipinski definition) is 6. The molecular formula is C24H19Cl2N5O3. The first kappa shape index (κ1) is 22.2. The molecule has 5 rings (SSSR count). The van der Waals surface area contributed by atoms with Gasteiger partial charge in [-0.15, -0.1) is 4.73 Å². The van der Waals surface area contributed by atoms with Crippen molar-refractivity contribution in [3.05, 3.63) is 75.1 Å². The number of hydrogen-bond donors (Lipinski definition) is 1. The molecule has 1 amide bonds. The van der Waals surface area contributed by atoms with Crippen LogP contribution in [0.1, 0.15) is 12.8 Å². The van der Waals surface area contributed by atoms with Gasteiger partial charge in [-0.05, 0) is 48.9 Å². The fourth-order valence-electron chi connectivity index (χ4n) is 4.01. The number of carbonyl (C=O) groups excluding carboxylic acids is 1. The molecule has 2 aromatic carbocycles. The van der Waals surface area contributed by atoms with Gasteiger partial charge in [-0.1, -0.05) is 29.3 Å². The molecule has 3 heterocycles. The number of carbonyl (C=O) groups is 1. The minimum absolute atomic E-state index is 0.133. The normalized spacial score (nSPS) is 13.5. The van der Waals surface area contributed by atoms with Crippen molar-refractivity contribution in [2.45, 2.75) is 12.8 Å². The van der Waals surface area contributed by atoms with Gasteiger partial charge in [0.15, 0.2) is 5.65 Å². The van der Waals surface area contributed by atoms with Gasteiger partial charge in [0.1, 0.15) is 7.11 Å². The van der Waals surface area contributed by atoms with E-state index >= 15 is 0 Å². The number of aromatic nitrogens is 3. The molecule has 1 aliphatic rings. The molecule has 34 heavy (non-hydrogen) atoms. The predicted molar refractivity (Wildman–Crippen MR) is 133 cm³/mol. The van der Waals surface area contributed by atoms with Gasteiger partial charge in [0.05, 0.1) is 15.6 Å². The highest BCUT2D eigenvalue weighted by atomic mass is 35.5. The van der Waals surface area contributed by atoms with E-state index in [9.17, 15) is 9.59 Å². The smallest absolute Gasteiger partial charge is 0.293 e. The standard InChI is InChI=1S/C24H19Cl2N5O3/c1-34-31-22-14(12-17(23(31)33)21-18(25)4-2-5-19(21)26)13-27-24(29-22)28-15-7-9-16(10-8-15)30-11-3-6-20(30)32/h2,4-5,7-10,12-13H,3,6,11H2,1H3,(H,27,28,29). The van der Waals surface area contributed by atoms with Crippen molar-refractivity contribution in [2.24, 2.45) is 0 Å². The van der Waals surface area contributed by atoms with Crippen molar-refractivity contribution < 1.29 is 9.63 Å². The van der Waals surface area contributed by atoms with E-state index in [1.54, 1.807) is 35.4 Å². The zero-order valence-electron chi connectivity index (χ0n) is 18.1. The van der Waals surface area contributed by atoms with Gasteiger partial charge in [-0.25, -0.2) is 4.98 Å². The van der Waals surface area contributed by atoms with Crippen LogP contribution >= 0.6 is 23.2 Å². The van der Waals surface area contributed by atoms with Crippen LogP contribution in [0.4, 0.5) is 17.3 Å². The molecule has 1 saturated heterocycles. The van der Waals surface area contributed by atoms with E-state index in [4.69, 9.17) is 28.0 Å². The van der Waals surface area contributed by atoms with E-state index in [1.165, 1.54) is 7.11 Å². The quantitative estimate of drug-likeness (QED) is 0.431. The van der Waals surface area contributed by atoms with Crippen molar-refractivity contribution in [2.75, 3.05) is 23.9 Å². The Labute approximate surface area is 204 Å². The van der Waals surface area contributed by atoms with Crippen LogP contribution in [-0.4, -0.2) is 34.3 Å². The van der Waals surface area contributed by atoms with Crippen molar-refractivity contribution in [3.63, 3.8) is 0 Å². The van der Waals surface area contributed by atoms with Crippen molar-refractivity contribution >= 4 is 57.5 Å². The Balaban J connectivity index is 1.50. The number of nitrogens with one attached hydrogen (secondary N) is 1. The number of pyridine rings is 1. The monoisotopic (exact) mass is 495 g/mol. The summed E-state index contributed by atoms with van der Waals surface area (Å²) in [7, 11) is 1.38. The summed E-state index contributed by atoms with van der Waals surface area (Å²) in [5.41, 5.74) is 2.13.